The first-order valence-corrected chi connectivity index (χ1v) is 7.78. The molecule has 1 aromatic heterocycles. The molecule has 0 spiro atoms. The van der Waals surface area contributed by atoms with Crippen LogP contribution in [0.3, 0.4) is 0 Å². The molecule has 0 aromatic carbocycles. The lowest BCUT2D eigenvalue weighted by atomic mass is 10.3. The van der Waals surface area contributed by atoms with Gasteiger partial charge in [0.05, 0.1) is 19.7 Å². The van der Waals surface area contributed by atoms with Crippen LogP contribution in [0.5, 0.6) is 0 Å². The maximum absolute atomic E-state index is 11.8. The molecule has 21 heavy (non-hydrogen) atoms. The summed E-state index contributed by atoms with van der Waals surface area (Å²) in [4.78, 5) is 25.8. The van der Waals surface area contributed by atoms with Crippen LogP contribution in [0.4, 0.5) is 0 Å². The predicted octanol–water partition coefficient (Wildman–Crippen LogP) is 0.721. The van der Waals surface area contributed by atoms with Crippen LogP contribution in [0.15, 0.2) is 11.4 Å². The van der Waals surface area contributed by atoms with Crippen LogP contribution < -0.4 is 5.32 Å². The maximum atomic E-state index is 11.8. The highest BCUT2D eigenvalue weighted by molar-refractivity contribution is 7.10. The second-order valence-electron chi connectivity index (χ2n) is 4.77. The summed E-state index contributed by atoms with van der Waals surface area (Å²) in [6.45, 7) is 1.34. The Morgan fingerprint density at radius 1 is 1.52 bits per heavy atom. The molecule has 1 aliphatic rings. The lowest BCUT2D eigenvalue weighted by Crippen LogP contribution is -2.37. The smallest absolute Gasteiger partial charge is 0.239 e. The molecular formula is C15H18N2O3S. The molecule has 0 unspecified atom stereocenters. The monoisotopic (exact) mass is 306 g/mol. The number of carbonyl (C=O) groups excluding carboxylic acids is 2. The number of aliphatic hydroxyl groups is 1. The zero-order chi connectivity index (χ0) is 15.1. The minimum Gasteiger partial charge on any atom is -0.395 e. The first kappa shape index (κ1) is 15.5. The van der Waals surface area contributed by atoms with Crippen molar-refractivity contribution in [1.29, 1.82) is 0 Å². The van der Waals surface area contributed by atoms with Crippen LogP contribution in [0.2, 0.25) is 0 Å². The highest BCUT2D eigenvalue weighted by Crippen LogP contribution is 2.14. The molecule has 1 fully saturated rings. The normalized spacial score (nSPS) is 14.0. The van der Waals surface area contributed by atoms with Crippen molar-refractivity contribution in [1.82, 2.24) is 10.2 Å². The minimum absolute atomic E-state index is 0.0581. The molecule has 1 saturated heterocycles. The lowest BCUT2D eigenvalue weighted by molar-refractivity contribution is -0.133. The quantitative estimate of drug-likeness (QED) is 0.788. The summed E-state index contributed by atoms with van der Waals surface area (Å²) in [7, 11) is 0. The first-order valence-electron chi connectivity index (χ1n) is 6.90. The molecule has 2 amide bonds. The van der Waals surface area contributed by atoms with Gasteiger partial charge in [0.2, 0.25) is 11.8 Å². The third-order valence-electron chi connectivity index (χ3n) is 3.09. The fourth-order valence-corrected chi connectivity index (χ4v) is 2.80. The number of aliphatic hydroxyl groups excluding tert-OH is 1. The van der Waals surface area contributed by atoms with E-state index in [0.29, 0.717) is 25.9 Å². The molecular weight excluding hydrogens is 288 g/mol. The molecule has 1 aliphatic heterocycles. The Kier molecular flexibility index (Phi) is 5.78. The van der Waals surface area contributed by atoms with Crippen molar-refractivity contribution in [2.24, 2.45) is 0 Å². The fourth-order valence-electron chi connectivity index (χ4n) is 2.05. The number of hydrogen-bond donors (Lipinski definition) is 2. The van der Waals surface area contributed by atoms with Crippen molar-refractivity contribution in [3.8, 4) is 11.8 Å². The summed E-state index contributed by atoms with van der Waals surface area (Å²) in [5, 5.41) is 13.4. The van der Waals surface area contributed by atoms with E-state index in [1.54, 1.807) is 4.90 Å². The van der Waals surface area contributed by atoms with Gasteiger partial charge in [0.1, 0.15) is 0 Å². The molecule has 2 rings (SSSR count). The van der Waals surface area contributed by atoms with E-state index < -0.39 is 0 Å². The number of nitrogens with one attached hydrogen (secondary N) is 1. The van der Waals surface area contributed by atoms with Gasteiger partial charge >= 0.3 is 0 Å². The van der Waals surface area contributed by atoms with Gasteiger partial charge in [-0.25, -0.2) is 0 Å². The molecule has 0 atom stereocenters. The van der Waals surface area contributed by atoms with Gasteiger partial charge in [0.25, 0.3) is 0 Å². The third kappa shape index (κ3) is 4.88. The number of rotatable bonds is 5. The summed E-state index contributed by atoms with van der Waals surface area (Å²) >= 11 is 1.53. The standard InChI is InChI=1S/C15H18N2O3S/c18-7-2-1-4-12-8-13(21-11-12)9-16-14(19)10-17-6-3-5-15(17)20/h8,11,18H,2-3,5-7,9-10H2,(H,16,19). The summed E-state index contributed by atoms with van der Waals surface area (Å²) in [5.41, 5.74) is 0.896. The first-order chi connectivity index (χ1) is 10.2. The van der Waals surface area contributed by atoms with Gasteiger partial charge < -0.3 is 15.3 Å². The topological polar surface area (TPSA) is 69.6 Å². The van der Waals surface area contributed by atoms with E-state index >= 15 is 0 Å². The molecule has 2 N–H and O–H groups in total. The minimum atomic E-state index is -0.133. The molecule has 0 bridgehead atoms. The zero-order valence-electron chi connectivity index (χ0n) is 11.7. The van der Waals surface area contributed by atoms with Crippen molar-refractivity contribution < 1.29 is 14.7 Å². The van der Waals surface area contributed by atoms with Crippen LogP contribution in [-0.2, 0) is 16.1 Å². The number of thiophene rings is 1. The Bertz CT molecular complexity index is 571. The van der Waals surface area contributed by atoms with E-state index in [0.717, 1.165) is 16.9 Å². The molecule has 5 nitrogen and oxygen atoms in total. The van der Waals surface area contributed by atoms with Gasteiger partial charge in [-0.2, -0.15) is 0 Å². The predicted molar refractivity (Wildman–Crippen MR) is 80.6 cm³/mol. The second-order valence-corrected chi connectivity index (χ2v) is 5.77. The number of hydrogen-bond acceptors (Lipinski definition) is 4. The van der Waals surface area contributed by atoms with Crippen molar-refractivity contribution >= 4 is 23.2 Å². The van der Waals surface area contributed by atoms with Gasteiger partial charge in [-0.05, 0) is 12.5 Å². The Morgan fingerprint density at radius 3 is 3.10 bits per heavy atom. The Balaban J connectivity index is 1.76. The van der Waals surface area contributed by atoms with Crippen LogP contribution >= 0.6 is 11.3 Å². The summed E-state index contributed by atoms with van der Waals surface area (Å²) in [6, 6.07) is 1.93. The van der Waals surface area contributed by atoms with E-state index in [9.17, 15) is 9.59 Å². The highest BCUT2D eigenvalue weighted by Gasteiger charge is 2.22. The second kappa shape index (κ2) is 7.81. The average Bonchev–Trinajstić information content (AvgIpc) is 3.07. The average molecular weight is 306 g/mol. The van der Waals surface area contributed by atoms with Crippen molar-refractivity contribution in [2.75, 3.05) is 19.7 Å². The number of carbonyl (C=O) groups is 2. The van der Waals surface area contributed by atoms with Crippen molar-refractivity contribution in [3.05, 3.63) is 21.9 Å². The summed E-state index contributed by atoms with van der Waals surface area (Å²) in [5.74, 6) is 5.74. The number of amides is 2. The van der Waals surface area contributed by atoms with Crippen LogP contribution in [-0.4, -0.2) is 41.5 Å². The fraction of sp³-hybridized carbons (Fsp3) is 0.467. The van der Waals surface area contributed by atoms with Crippen LogP contribution in [0.1, 0.15) is 29.7 Å². The lowest BCUT2D eigenvalue weighted by Gasteiger charge is -2.14. The maximum Gasteiger partial charge on any atom is 0.239 e. The number of nitrogens with zero attached hydrogens (tertiary/aromatic N) is 1. The van der Waals surface area contributed by atoms with Gasteiger partial charge in [0, 0.05) is 35.2 Å². The van der Waals surface area contributed by atoms with E-state index in [2.05, 4.69) is 17.2 Å². The Hall–Kier alpha value is -1.84. The van der Waals surface area contributed by atoms with E-state index in [-0.39, 0.29) is 25.0 Å². The van der Waals surface area contributed by atoms with Gasteiger partial charge in [-0.3, -0.25) is 9.59 Å². The van der Waals surface area contributed by atoms with Gasteiger partial charge in [-0.15, -0.1) is 11.3 Å². The SMILES string of the molecule is O=C(CN1CCCC1=O)NCc1cc(C#CCCO)cs1. The van der Waals surface area contributed by atoms with Crippen molar-refractivity contribution in [2.45, 2.75) is 25.8 Å². The third-order valence-corrected chi connectivity index (χ3v) is 4.03. The molecule has 0 radical (unpaired) electrons. The molecule has 6 heteroatoms. The van der Waals surface area contributed by atoms with E-state index in [1.807, 2.05) is 11.4 Å². The highest BCUT2D eigenvalue weighted by atomic mass is 32.1. The summed E-state index contributed by atoms with van der Waals surface area (Å²) < 4.78 is 0. The molecule has 0 saturated carbocycles. The van der Waals surface area contributed by atoms with Crippen LogP contribution in [0, 0.1) is 11.8 Å². The van der Waals surface area contributed by atoms with E-state index in [1.165, 1.54) is 11.3 Å². The molecule has 112 valence electrons. The Morgan fingerprint density at radius 2 is 2.38 bits per heavy atom. The molecule has 0 aliphatic carbocycles. The molecule has 1 aromatic rings. The van der Waals surface area contributed by atoms with Gasteiger partial charge in [0.15, 0.2) is 0 Å². The zero-order valence-corrected chi connectivity index (χ0v) is 12.5. The molecule has 2 heterocycles. The van der Waals surface area contributed by atoms with Crippen molar-refractivity contribution in [3.63, 3.8) is 0 Å². The largest absolute Gasteiger partial charge is 0.395 e. The van der Waals surface area contributed by atoms with E-state index in [4.69, 9.17) is 5.11 Å². The van der Waals surface area contributed by atoms with Gasteiger partial charge in [-0.1, -0.05) is 11.8 Å². The number of likely N-dealkylation sites (tertiary alicyclic amines) is 1. The Labute approximate surface area is 128 Å². The summed E-state index contributed by atoms with van der Waals surface area (Å²) in [6.07, 6.45) is 1.85. The van der Waals surface area contributed by atoms with Crippen LogP contribution in [0.25, 0.3) is 0 Å².